The molecule has 3 amide bonds. The number of alkyl halides is 2. The van der Waals surface area contributed by atoms with E-state index in [9.17, 15) is 33.5 Å². The number of carbonyl (C=O) groups excluding carboxylic acids is 3. The van der Waals surface area contributed by atoms with Gasteiger partial charge in [-0.3, -0.25) is 24.2 Å². The van der Waals surface area contributed by atoms with Gasteiger partial charge in [-0.2, -0.15) is 5.26 Å². The minimum absolute atomic E-state index is 0.0165. The molecule has 0 bridgehead atoms. The van der Waals surface area contributed by atoms with E-state index in [0.717, 1.165) is 0 Å². The van der Waals surface area contributed by atoms with Crippen LogP contribution in [-0.2, 0) is 20.0 Å². The maximum Gasteiger partial charge on any atom is 0.252 e. The number of amides is 3. The third-order valence-electron chi connectivity index (χ3n) is 8.38. The molecule has 12 heteroatoms. The lowest BCUT2D eigenvalue weighted by Gasteiger charge is -2.39. The van der Waals surface area contributed by atoms with Crippen molar-refractivity contribution in [2.75, 3.05) is 9.80 Å². The minimum atomic E-state index is -2.89. The fraction of sp³-hybridized carbons (Fsp3) is 0.344. The first-order valence-electron chi connectivity index (χ1n) is 14.3. The van der Waals surface area contributed by atoms with Crippen molar-refractivity contribution < 1.29 is 28.3 Å². The van der Waals surface area contributed by atoms with Crippen molar-refractivity contribution in [2.24, 2.45) is 0 Å². The predicted octanol–water partition coefficient (Wildman–Crippen LogP) is 4.77. The highest BCUT2D eigenvalue weighted by Gasteiger charge is 2.49. The molecule has 9 nitrogen and oxygen atoms in total. The second kappa shape index (κ2) is 11.3. The van der Waals surface area contributed by atoms with E-state index in [4.69, 9.17) is 11.6 Å². The molecule has 2 aromatic carbocycles. The van der Waals surface area contributed by atoms with Crippen molar-refractivity contribution in [1.29, 1.82) is 5.26 Å². The second-order valence-corrected chi connectivity index (χ2v) is 11.9. The lowest BCUT2D eigenvalue weighted by atomic mass is 9.87. The van der Waals surface area contributed by atoms with Gasteiger partial charge in [-0.15, -0.1) is 0 Å². The molecule has 1 aliphatic heterocycles. The van der Waals surface area contributed by atoms with Gasteiger partial charge in [-0.05, 0) is 55.2 Å². The van der Waals surface area contributed by atoms with Gasteiger partial charge in [-0.1, -0.05) is 41.9 Å². The number of hydrogen-bond acceptors (Lipinski definition) is 6. The predicted molar refractivity (Wildman–Crippen MR) is 157 cm³/mol. The molecule has 0 radical (unpaired) electrons. The monoisotopic (exact) mass is 619 g/mol. The molecule has 2 saturated carbocycles. The normalized spacial score (nSPS) is 20.8. The van der Waals surface area contributed by atoms with Crippen molar-refractivity contribution >= 4 is 40.8 Å². The van der Waals surface area contributed by atoms with Gasteiger partial charge in [-0.25, -0.2) is 13.8 Å². The number of rotatable bonds is 8. The summed E-state index contributed by atoms with van der Waals surface area (Å²) < 4.78 is 27.4. The van der Waals surface area contributed by atoms with Crippen LogP contribution >= 0.6 is 11.6 Å². The molecule has 44 heavy (non-hydrogen) atoms. The summed E-state index contributed by atoms with van der Waals surface area (Å²) in [6, 6.07) is 14.6. The molecule has 2 aliphatic carbocycles. The van der Waals surface area contributed by atoms with Crippen molar-refractivity contribution in [3.63, 3.8) is 0 Å². The van der Waals surface area contributed by atoms with Gasteiger partial charge in [0.15, 0.2) is 0 Å². The molecule has 6 rings (SSSR count). The molecule has 2 heterocycles. The Hall–Kier alpha value is -4.40. The average molecular weight is 620 g/mol. The fourth-order valence-corrected chi connectivity index (χ4v) is 6.12. The van der Waals surface area contributed by atoms with Crippen molar-refractivity contribution in [3.8, 4) is 6.07 Å². The van der Waals surface area contributed by atoms with Crippen LogP contribution in [0.15, 0.2) is 66.9 Å². The zero-order valence-electron chi connectivity index (χ0n) is 23.4. The Morgan fingerprint density at radius 2 is 1.89 bits per heavy atom. The summed E-state index contributed by atoms with van der Waals surface area (Å²) in [6.07, 6.45) is 1.48. The van der Waals surface area contributed by atoms with Crippen LogP contribution in [0, 0.1) is 11.3 Å². The molecule has 226 valence electrons. The van der Waals surface area contributed by atoms with Gasteiger partial charge in [0, 0.05) is 47.8 Å². The number of pyridine rings is 1. The number of benzene rings is 2. The molecule has 3 aromatic rings. The summed E-state index contributed by atoms with van der Waals surface area (Å²) in [5.74, 6) is -4.53. The molecule has 3 fully saturated rings. The highest BCUT2D eigenvalue weighted by Crippen LogP contribution is 2.47. The zero-order chi connectivity index (χ0) is 31.2. The quantitative estimate of drug-likeness (QED) is 0.374. The molecule has 1 aromatic heterocycles. The topological polar surface area (TPSA) is 127 Å². The standard InChI is InChI=1S/C32H28ClF2N5O4/c33-24-7-2-1-6-23(24)28(29(42)38-21-16-32(34,35)17-21)39(22-5-3-4-20(15-22)31(44)11-12-31)30(43)25-8-9-27(41)40(25)26-14-19(18-36)10-13-37-26/h1-7,10,13-15,21,25,28,44H,8-9,11-12,16-17H2,(H,38,42)/t25?,28-/m0/s1. The Kier molecular flexibility index (Phi) is 7.59. The van der Waals surface area contributed by atoms with Crippen LogP contribution in [0.2, 0.25) is 5.02 Å². The third-order valence-corrected chi connectivity index (χ3v) is 8.73. The first kappa shape index (κ1) is 29.7. The Bertz CT molecular complexity index is 1680. The van der Waals surface area contributed by atoms with Gasteiger partial charge in [0.1, 0.15) is 17.9 Å². The van der Waals surface area contributed by atoms with E-state index in [0.29, 0.717) is 18.4 Å². The zero-order valence-corrected chi connectivity index (χ0v) is 24.2. The van der Waals surface area contributed by atoms with E-state index in [1.54, 1.807) is 48.5 Å². The van der Waals surface area contributed by atoms with Gasteiger partial charge >= 0.3 is 0 Å². The number of aliphatic hydroxyl groups is 1. The maximum absolute atomic E-state index is 14.7. The third kappa shape index (κ3) is 5.63. The van der Waals surface area contributed by atoms with Crippen LogP contribution in [0.4, 0.5) is 20.3 Å². The molecule has 1 saturated heterocycles. The SMILES string of the molecule is N#Cc1ccnc(N2C(=O)CCC2C(=O)N(c2cccc(C3(O)CC3)c2)[C@H](C(=O)NC2CC(F)(F)C2)c2ccccc2Cl)c1. The number of nitriles is 1. The molecular formula is C32H28ClF2N5O4. The van der Waals surface area contributed by atoms with E-state index >= 15 is 0 Å². The number of nitrogens with one attached hydrogen (secondary N) is 1. The smallest absolute Gasteiger partial charge is 0.252 e. The summed E-state index contributed by atoms with van der Waals surface area (Å²) in [4.78, 5) is 48.6. The van der Waals surface area contributed by atoms with Crippen molar-refractivity contribution in [1.82, 2.24) is 10.3 Å². The fourth-order valence-electron chi connectivity index (χ4n) is 5.88. The summed E-state index contributed by atoms with van der Waals surface area (Å²) >= 11 is 6.60. The van der Waals surface area contributed by atoms with Gasteiger partial charge in [0.05, 0.1) is 17.2 Å². The lowest BCUT2D eigenvalue weighted by Crippen LogP contribution is -2.56. The Balaban J connectivity index is 1.47. The molecule has 0 spiro atoms. The number of anilines is 2. The van der Waals surface area contributed by atoms with E-state index < -0.39 is 54.3 Å². The van der Waals surface area contributed by atoms with E-state index in [2.05, 4.69) is 10.3 Å². The Labute approximate surface area is 257 Å². The summed E-state index contributed by atoms with van der Waals surface area (Å²) in [7, 11) is 0. The van der Waals surface area contributed by atoms with Crippen LogP contribution in [0.5, 0.6) is 0 Å². The average Bonchev–Trinajstić information content (AvgIpc) is 3.63. The van der Waals surface area contributed by atoms with Gasteiger partial charge in [0.25, 0.3) is 11.8 Å². The number of aromatic nitrogens is 1. The molecule has 2 N–H and O–H groups in total. The van der Waals surface area contributed by atoms with Gasteiger partial charge < -0.3 is 10.4 Å². The van der Waals surface area contributed by atoms with Gasteiger partial charge in [0.2, 0.25) is 11.8 Å². The second-order valence-electron chi connectivity index (χ2n) is 11.5. The van der Waals surface area contributed by atoms with Crippen LogP contribution in [0.25, 0.3) is 0 Å². The lowest BCUT2D eigenvalue weighted by molar-refractivity contribution is -0.133. The molecule has 1 unspecified atom stereocenters. The maximum atomic E-state index is 14.7. The highest BCUT2D eigenvalue weighted by atomic mass is 35.5. The van der Waals surface area contributed by atoms with Crippen LogP contribution < -0.4 is 15.1 Å². The van der Waals surface area contributed by atoms with Crippen LogP contribution in [0.1, 0.15) is 61.3 Å². The van der Waals surface area contributed by atoms with E-state index in [1.807, 2.05) is 6.07 Å². The van der Waals surface area contributed by atoms with E-state index in [1.165, 1.54) is 28.1 Å². The summed E-state index contributed by atoms with van der Waals surface area (Å²) in [6.45, 7) is 0. The first-order chi connectivity index (χ1) is 21.0. The Morgan fingerprint density at radius 1 is 1.14 bits per heavy atom. The first-order valence-corrected chi connectivity index (χ1v) is 14.6. The number of halogens is 3. The molecular weight excluding hydrogens is 592 g/mol. The van der Waals surface area contributed by atoms with Crippen molar-refractivity contribution in [3.05, 3.63) is 88.6 Å². The van der Waals surface area contributed by atoms with E-state index in [-0.39, 0.29) is 46.4 Å². The molecule has 2 atom stereocenters. The highest BCUT2D eigenvalue weighted by molar-refractivity contribution is 6.31. The summed E-state index contributed by atoms with van der Waals surface area (Å²) in [5, 5.41) is 23.1. The summed E-state index contributed by atoms with van der Waals surface area (Å²) in [5.41, 5.74) is 0.231. The minimum Gasteiger partial charge on any atom is -0.385 e. The number of hydrogen-bond donors (Lipinski definition) is 2. The number of carbonyl (C=O) groups is 3. The van der Waals surface area contributed by atoms with Crippen molar-refractivity contribution in [2.45, 2.75) is 68.2 Å². The van der Waals surface area contributed by atoms with Crippen LogP contribution in [0.3, 0.4) is 0 Å². The van der Waals surface area contributed by atoms with Crippen LogP contribution in [-0.4, -0.2) is 45.8 Å². The number of nitrogens with zero attached hydrogens (tertiary/aromatic N) is 4. The largest absolute Gasteiger partial charge is 0.385 e. The Morgan fingerprint density at radius 3 is 2.57 bits per heavy atom. The molecule has 3 aliphatic rings.